The van der Waals surface area contributed by atoms with Gasteiger partial charge in [0, 0.05) is 17.7 Å². The highest BCUT2D eigenvalue weighted by molar-refractivity contribution is 5.83. The predicted molar refractivity (Wildman–Crippen MR) is 114 cm³/mol. The molecule has 0 amide bonds. The Hall–Kier alpha value is -3.75. The fourth-order valence-electron chi connectivity index (χ4n) is 3.80. The zero-order valence-corrected chi connectivity index (χ0v) is 17.5. The van der Waals surface area contributed by atoms with Gasteiger partial charge in [-0.3, -0.25) is 10.1 Å². The Morgan fingerprint density at radius 3 is 2.12 bits per heavy atom. The fourth-order valence-corrected chi connectivity index (χ4v) is 3.80. The van der Waals surface area contributed by atoms with Gasteiger partial charge in [0.25, 0.3) is 5.69 Å². The summed E-state index contributed by atoms with van der Waals surface area (Å²) in [5.74, 6) is 0.0315. The summed E-state index contributed by atoms with van der Waals surface area (Å²) in [6.45, 7) is 0. The minimum atomic E-state index is -1.61. The number of hydrogen-bond donors (Lipinski definition) is 0. The van der Waals surface area contributed by atoms with Gasteiger partial charge in [0.2, 0.25) is 5.60 Å². The normalized spacial score (nSPS) is 22.3. The molecule has 8 heteroatoms. The number of benzene rings is 3. The van der Waals surface area contributed by atoms with Crippen LogP contribution in [0.2, 0.25) is 0 Å². The van der Waals surface area contributed by atoms with Gasteiger partial charge >= 0.3 is 5.97 Å². The molecule has 1 heterocycles. The summed E-state index contributed by atoms with van der Waals surface area (Å²) in [6.07, 6.45) is -1.80. The zero-order valence-electron chi connectivity index (χ0n) is 17.5. The predicted octanol–water partition coefficient (Wildman–Crippen LogP) is 4.46. The number of rotatable bonds is 6. The Bertz CT molecular complexity index is 1100. The zero-order chi connectivity index (χ0) is 22.7. The average molecular weight is 435 g/mol. The van der Waals surface area contributed by atoms with E-state index in [4.69, 9.17) is 18.9 Å². The molecule has 0 unspecified atom stereocenters. The molecule has 1 fully saturated rings. The number of nitro groups is 1. The Kier molecular flexibility index (Phi) is 5.89. The third-order valence-electron chi connectivity index (χ3n) is 5.41. The van der Waals surface area contributed by atoms with Crippen LogP contribution < -0.4 is 4.74 Å². The molecule has 0 N–H and O–H groups in total. The molecule has 0 radical (unpaired) electrons. The lowest BCUT2D eigenvalue weighted by molar-refractivity contribution is -0.384. The molecule has 0 bridgehead atoms. The number of non-ortho nitro benzene ring substituents is 1. The summed E-state index contributed by atoms with van der Waals surface area (Å²) in [5, 5.41) is 11.1. The van der Waals surface area contributed by atoms with E-state index < -0.39 is 28.9 Å². The first-order valence-electron chi connectivity index (χ1n) is 9.85. The Labute approximate surface area is 184 Å². The average Bonchev–Trinajstić information content (AvgIpc) is 3.26. The summed E-state index contributed by atoms with van der Waals surface area (Å²) in [7, 11) is 2.85. The summed E-state index contributed by atoms with van der Waals surface area (Å²) >= 11 is 0. The van der Waals surface area contributed by atoms with Crippen molar-refractivity contribution in [2.75, 3.05) is 14.2 Å². The van der Waals surface area contributed by atoms with E-state index in [1.807, 2.05) is 6.07 Å². The standard InChI is InChI=1S/C24H21NO7/c1-29-20-14-10-17(11-15-20)22-31-21(16-8-12-19(13-9-16)25(27)28)24(32-22,23(26)30-2)18-6-4-3-5-7-18/h3-15,21-22H,1-2H3/t21-,22+,24-/m1/s1. The maximum absolute atomic E-state index is 13.2. The lowest BCUT2D eigenvalue weighted by Gasteiger charge is -2.30. The lowest BCUT2D eigenvalue weighted by atomic mass is 9.84. The number of carbonyl (C=O) groups excluding carboxylic acids is 1. The Morgan fingerprint density at radius 2 is 1.56 bits per heavy atom. The number of nitrogens with zero attached hydrogens (tertiary/aromatic N) is 1. The molecule has 0 aromatic heterocycles. The monoisotopic (exact) mass is 435 g/mol. The van der Waals surface area contributed by atoms with Crippen molar-refractivity contribution < 1.29 is 28.7 Å². The molecule has 0 aliphatic carbocycles. The van der Waals surface area contributed by atoms with Gasteiger partial charge < -0.3 is 18.9 Å². The van der Waals surface area contributed by atoms with Gasteiger partial charge in [-0.05, 0) is 35.4 Å². The third-order valence-corrected chi connectivity index (χ3v) is 5.41. The maximum Gasteiger partial charge on any atom is 0.346 e. The first-order valence-corrected chi connectivity index (χ1v) is 9.85. The van der Waals surface area contributed by atoms with E-state index in [0.29, 0.717) is 22.4 Å². The molecule has 1 saturated heterocycles. The van der Waals surface area contributed by atoms with Crippen LogP contribution in [-0.2, 0) is 24.6 Å². The van der Waals surface area contributed by atoms with Gasteiger partial charge in [-0.25, -0.2) is 4.79 Å². The van der Waals surface area contributed by atoms with Crippen LogP contribution in [0.5, 0.6) is 5.75 Å². The van der Waals surface area contributed by atoms with Gasteiger partial charge in [-0.1, -0.05) is 42.5 Å². The van der Waals surface area contributed by atoms with Crippen molar-refractivity contribution in [1.29, 1.82) is 0 Å². The van der Waals surface area contributed by atoms with Gasteiger partial charge in [0.1, 0.15) is 11.9 Å². The molecule has 8 nitrogen and oxygen atoms in total. The number of esters is 1. The molecule has 3 aromatic rings. The van der Waals surface area contributed by atoms with Crippen molar-refractivity contribution >= 4 is 11.7 Å². The Morgan fingerprint density at radius 1 is 0.938 bits per heavy atom. The van der Waals surface area contributed by atoms with Crippen LogP contribution in [0, 0.1) is 10.1 Å². The fraction of sp³-hybridized carbons (Fsp3) is 0.208. The third kappa shape index (κ3) is 3.70. The molecule has 3 atom stereocenters. The lowest BCUT2D eigenvalue weighted by Crippen LogP contribution is -2.41. The van der Waals surface area contributed by atoms with Gasteiger partial charge in [0.15, 0.2) is 6.29 Å². The van der Waals surface area contributed by atoms with E-state index in [0.717, 1.165) is 0 Å². The van der Waals surface area contributed by atoms with Crippen LogP contribution in [0.1, 0.15) is 29.1 Å². The molecule has 0 spiro atoms. The topological polar surface area (TPSA) is 97.1 Å². The van der Waals surface area contributed by atoms with Crippen molar-refractivity contribution in [1.82, 2.24) is 0 Å². The molecule has 32 heavy (non-hydrogen) atoms. The summed E-state index contributed by atoms with van der Waals surface area (Å²) in [6, 6.07) is 21.9. The van der Waals surface area contributed by atoms with Crippen molar-refractivity contribution in [2.24, 2.45) is 0 Å². The first-order chi connectivity index (χ1) is 15.5. The smallest absolute Gasteiger partial charge is 0.346 e. The number of ether oxygens (including phenoxy) is 4. The van der Waals surface area contributed by atoms with Crippen molar-refractivity contribution in [2.45, 2.75) is 18.0 Å². The summed E-state index contributed by atoms with van der Waals surface area (Å²) in [5.41, 5.74) is 0.0887. The molecule has 4 rings (SSSR count). The van der Waals surface area contributed by atoms with E-state index >= 15 is 0 Å². The largest absolute Gasteiger partial charge is 0.497 e. The van der Waals surface area contributed by atoms with Crippen molar-refractivity contribution in [3.8, 4) is 5.75 Å². The van der Waals surface area contributed by atoms with Crippen molar-refractivity contribution in [3.05, 3.63) is 106 Å². The second kappa shape index (κ2) is 8.78. The second-order valence-corrected chi connectivity index (χ2v) is 7.18. The van der Waals surface area contributed by atoms with Crippen LogP contribution in [0.4, 0.5) is 5.69 Å². The highest BCUT2D eigenvalue weighted by Gasteiger charge is 2.58. The van der Waals surface area contributed by atoms with Crippen LogP contribution in [-0.4, -0.2) is 25.1 Å². The number of nitro benzene ring substituents is 1. The quantitative estimate of drug-likeness (QED) is 0.320. The van der Waals surface area contributed by atoms with Crippen LogP contribution >= 0.6 is 0 Å². The van der Waals surface area contributed by atoms with Gasteiger partial charge in [-0.2, -0.15) is 0 Å². The van der Waals surface area contributed by atoms with Crippen LogP contribution in [0.25, 0.3) is 0 Å². The molecular formula is C24H21NO7. The summed E-state index contributed by atoms with van der Waals surface area (Å²) in [4.78, 5) is 23.8. The highest BCUT2D eigenvalue weighted by atomic mass is 16.8. The molecule has 0 saturated carbocycles. The highest BCUT2D eigenvalue weighted by Crippen LogP contribution is 2.53. The van der Waals surface area contributed by atoms with Crippen molar-refractivity contribution in [3.63, 3.8) is 0 Å². The number of carbonyl (C=O) groups is 1. The van der Waals surface area contributed by atoms with E-state index in [1.54, 1.807) is 67.8 Å². The van der Waals surface area contributed by atoms with E-state index in [1.165, 1.54) is 19.2 Å². The number of methoxy groups -OCH3 is 2. The Balaban J connectivity index is 1.83. The second-order valence-electron chi connectivity index (χ2n) is 7.18. The van der Waals surface area contributed by atoms with E-state index in [9.17, 15) is 14.9 Å². The van der Waals surface area contributed by atoms with Crippen LogP contribution in [0.3, 0.4) is 0 Å². The summed E-state index contributed by atoms with van der Waals surface area (Å²) < 4.78 is 22.9. The van der Waals surface area contributed by atoms with Gasteiger partial charge in [0.05, 0.1) is 19.1 Å². The van der Waals surface area contributed by atoms with Gasteiger partial charge in [-0.15, -0.1) is 0 Å². The molecule has 1 aliphatic heterocycles. The molecule has 1 aliphatic rings. The van der Waals surface area contributed by atoms with Crippen LogP contribution in [0.15, 0.2) is 78.9 Å². The van der Waals surface area contributed by atoms with E-state index in [-0.39, 0.29) is 5.69 Å². The SMILES string of the molecule is COC(=O)[C@]1(c2ccccc2)O[C@@H](c2ccc(OC)cc2)O[C@@H]1c1ccc([N+](=O)[O-])cc1. The minimum Gasteiger partial charge on any atom is -0.497 e. The maximum atomic E-state index is 13.2. The first kappa shape index (κ1) is 21.5. The minimum absolute atomic E-state index is 0.0669. The number of hydrogen-bond acceptors (Lipinski definition) is 7. The molecule has 3 aromatic carbocycles. The molecule has 164 valence electrons. The molecular weight excluding hydrogens is 414 g/mol. The van der Waals surface area contributed by atoms with E-state index in [2.05, 4.69) is 0 Å².